The highest BCUT2D eigenvalue weighted by Gasteiger charge is 2.18. The zero-order chi connectivity index (χ0) is 19.6. The van der Waals surface area contributed by atoms with Gasteiger partial charge in [-0.15, -0.1) is 11.8 Å². The number of rotatable bonds is 4. The Morgan fingerprint density at radius 1 is 1.15 bits per heavy atom. The molecule has 1 heterocycles. The Morgan fingerprint density at radius 2 is 1.85 bits per heavy atom. The molecule has 0 atom stereocenters. The Hall–Kier alpha value is -2.80. The van der Waals surface area contributed by atoms with Crippen LogP contribution in [-0.4, -0.2) is 30.1 Å². The van der Waals surface area contributed by atoms with Crippen molar-refractivity contribution in [2.24, 2.45) is 0 Å². The van der Waals surface area contributed by atoms with Crippen LogP contribution >= 0.6 is 11.8 Å². The molecular formula is C20H20N2O4S. The zero-order valence-corrected chi connectivity index (χ0v) is 16.2. The lowest BCUT2D eigenvalue weighted by Crippen LogP contribution is -2.22. The van der Waals surface area contributed by atoms with E-state index < -0.39 is 11.9 Å². The molecule has 0 bridgehead atoms. The molecule has 0 spiro atoms. The quantitative estimate of drug-likeness (QED) is 0.789. The molecule has 1 aliphatic rings. The van der Waals surface area contributed by atoms with Crippen LogP contribution in [0, 0.1) is 20.8 Å². The van der Waals surface area contributed by atoms with Crippen LogP contribution in [0.1, 0.15) is 27.0 Å². The summed E-state index contributed by atoms with van der Waals surface area (Å²) in [6.07, 6.45) is 0. The standard InChI is InChI=1S/C20H20N2O4S/c1-11-6-12(2)19(13(3)7-11)22-17(23)9-26-20(25)14-4-5-16-15(8-14)21-18(24)10-27-16/h4-8H,9-10H2,1-3H3,(H,21,24)(H,22,23). The molecule has 6 nitrogen and oxygen atoms in total. The Balaban J connectivity index is 1.62. The van der Waals surface area contributed by atoms with Gasteiger partial charge in [-0.1, -0.05) is 17.7 Å². The number of hydrogen-bond acceptors (Lipinski definition) is 5. The second kappa shape index (κ2) is 7.84. The van der Waals surface area contributed by atoms with Crippen LogP contribution in [0.25, 0.3) is 0 Å². The number of carbonyl (C=O) groups is 3. The number of benzene rings is 2. The average molecular weight is 384 g/mol. The normalized spacial score (nSPS) is 12.8. The molecule has 0 aromatic heterocycles. The molecule has 2 aromatic rings. The van der Waals surface area contributed by atoms with E-state index >= 15 is 0 Å². The second-order valence-electron chi connectivity index (χ2n) is 6.45. The first-order valence-electron chi connectivity index (χ1n) is 8.45. The average Bonchev–Trinajstić information content (AvgIpc) is 2.62. The fourth-order valence-electron chi connectivity index (χ4n) is 2.98. The topological polar surface area (TPSA) is 84.5 Å². The van der Waals surface area contributed by atoms with Crippen LogP contribution in [0.15, 0.2) is 35.2 Å². The third-order valence-corrected chi connectivity index (χ3v) is 5.20. The third-order valence-electron chi connectivity index (χ3n) is 4.12. The minimum Gasteiger partial charge on any atom is -0.452 e. The van der Waals surface area contributed by atoms with E-state index in [-0.39, 0.29) is 18.1 Å². The van der Waals surface area contributed by atoms with Gasteiger partial charge in [0.2, 0.25) is 5.91 Å². The predicted octanol–water partition coefficient (Wildman–Crippen LogP) is 3.45. The molecule has 0 radical (unpaired) electrons. The van der Waals surface area contributed by atoms with E-state index in [4.69, 9.17) is 4.74 Å². The molecular weight excluding hydrogens is 364 g/mol. The van der Waals surface area contributed by atoms with E-state index in [9.17, 15) is 14.4 Å². The summed E-state index contributed by atoms with van der Waals surface area (Å²) in [6, 6.07) is 8.91. The SMILES string of the molecule is Cc1cc(C)c(NC(=O)COC(=O)c2ccc3c(c2)NC(=O)CS3)c(C)c1. The number of thioether (sulfide) groups is 1. The van der Waals surface area contributed by atoms with E-state index in [1.54, 1.807) is 18.2 Å². The van der Waals surface area contributed by atoms with Gasteiger partial charge in [0, 0.05) is 10.6 Å². The van der Waals surface area contributed by atoms with Crippen molar-refractivity contribution in [3.63, 3.8) is 0 Å². The highest BCUT2D eigenvalue weighted by atomic mass is 32.2. The van der Waals surface area contributed by atoms with Crippen molar-refractivity contribution < 1.29 is 19.1 Å². The van der Waals surface area contributed by atoms with Gasteiger partial charge < -0.3 is 15.4 Å². The van der Waals surface area contributed by atoms with Crippen LogP contribution in [-0.2, 0) is 14.3 Å². The van der Waals surface area contributed by atoms with E-state index in [1.165, 1.54) is 11.8 Å². The molecule has 1 aliphatic heterocycles. The number of ether oxygens (including phenoxy) is 1. The van der Waals surface area contributed by atoms with Crippen molar-refractivity contribution in [1.82, 2.24) is 0 Å². The summed E-state index contributed by atoms with van der Waals surface area (Å²) < 4.78 is 5.11. The maximum atomic E-state index is 12.2. The minimum atomic E-state index is -0.616. The minimum absolute atomic E-state index is 0.110. The molecule has 0 aliphatic carbocycles. The van der Waals surface area contributed by atoms with Crippen LogP contribution in [0.5, 0.6) is 0 Å². The number of nitrogens with one attached hydrogen (secondary N) is 2. The number of esters is 1. The van der Waals surface area contributed by atoms with Gasteiger partial charge in [-0.3, -0.25) is 9.59 Å². The van der Waals surface area contributed by atoms with Crippen molar-refractivity contribution in [3.8, 4) is 0 Å². The van der Waals surface area contributed by atoms with E-state index in [1.807, 2.05) is 32.9 Å². The summed E-state index contributed by atoms with van der Waals surface area (Å²) in [6.45, 7) is 5.44. The van der Waals surface area contributed by atoms with Gasteiger partial charge in [-0.2, -0.15) is 0 Å². The number of carbonyl (C=O) groups excluding carboxylic acids is 3. The number of amides is 2. The molecule has 0 saturated carbocycles. The molecule has 3 rings (SSSR count). The van der Waals surface area contributed by atoms with Crippen molar-refractivity contribution in [2.45, 2.75) is 25.7 Å². The van der Waals surface area contributed by atoms with Crippen molar-refractivity contribution in [1.29, 1.82) is 0 Å². The van der Waals surface area contributed by atoms with Gasteiger partial charge >= 0.3 is 5.97 Å². The smallest absolute Gasteiger partial charge is 0.338 e. The number of aryl methyl sites for hydroxylation is 3. The summed E-state index contributed by atoms with van der Waals surface area (Å²) in [5, 5.41) is 5.51. The molecule has 0 saturated heterocycles. The van der Waals surface area contributed by atoms with Gasteiger partial charge in [0.05, 0.1) is 17.0 Å². The summed E-state index contributed by atoms with van der Waals surface area (Å²) in [4.78, 5) is 36.8. The van der Waals surface area contributed by atoms with E-state index in [0.717, 1.165) is 27.3 Å². The molecule has 2 N–H and O–H groups in total. The Kier molecular flexibility index (Phi) is 5.51. The van der Waals surface area contributed by atoms with Crippen molar-refractivity contribution in [2.75, 3.05) is 23.0 Å². The van der Waals surface area contributed by atoms with Crippen molar-refractivity contribution in [3.05, 3.63) is 52.6 Å². The van der Waals surface area contributed by atoms with Crippen LogP contribution in [0.2, 0.25) is 0 Å². The van der Waals surface area contributed by atoms with E-state index in [0.29, 0.717) is 11.4 Å². The Morgan fingerprint density at radius 3 is 2.56 bits per heavy atom. The first kappa shape index (κ1) is 19.0. The third kappa shape index (κ3) is 4.49. The molecule has 0 fully saturated rings. The fraction of sp³-hybridized carbons (Fsp3) is 0.250. The summed E-state index contributed by atoms with van der Waals surface area (Å²) in [5.74, 6) is -0.772. The monoisotopic (exact) mass is 384 g/mol. The van der Waals surface area contributed by atoms with Gasteiger partial charge in [0.15, 0.2) is 6.61 Å². The molecule has 7 heteroatoms. The van der Waals surface area contributed by atoms with Crippen LogP contribution < -0.4 is 10.6 Å². The summed E-state index contributed by atoms with van der Waals surface area (Å²) >= 11 is 1.41. The van der Waals surface area contributed by atoms with Gasteiger partial charge in [0.25, 0.3) is 5.91 Å². The van der Waals surface area contributed by atoms with E-state index in [2.05, 4.69) is 10.6 Å². The summed E-state index contributed by atoms with van der Waals surface area (Å²) in [7, 11) is 0. The molecule has 2 amide bonds. The largest absolute Gasteiger partial charge is 0.452 e. The lowest BCUT2D eigenvalue weighted by molar-refractivity contribution is -0.119. The number of anilines is 2. The van der Waals surface area contributed by atoms with Gasteiger partial charge in [0.1, 0.15) is 0 Å². The Bertz CT molecular complexity index is 917. The fourth-order valence-corrected chi connectivity index (χ4v) is 3.77. The zero-order valence-electron chi connectivity index (χ0n) is 15.3. The highest BCUT2D eigenvalue weighted by Crippen LogP contribution is 2.32. The molecule has 0 unspecified atom stereocenters. The lowest BCUT2D eigenvalue weighted by Gasteiger charge is -2.16. The highest BCUT2D eigenvalue weighted by molar-refractivity contribution is 8.00. The number of fused-ring (bicyclic) bond motifs is 1. The van der Waals surface area contributed by atoms with Crippen molar-refractivity contribution >= 4 is 40.9 Å². The lowest BCUT2D eigenvalue weighted by atomic mass is 10.1. The molecule has 140 valence electrons. The maximum absolute atomic E-state index is 12.2. The summed E-state index contributed by atoms with van der Waals surface area (Å²) in [5.41, 5.74) is 4.63. The Labute approximate surface area is 161 Å². The first-order chi connectivity index (χ1) is 12.8. The van der Waals surface area contributed by atoms with Crippen LogP contribution in [0.4, 0.5) is 11.4 Å². The maximum Gasteiger partial charge on any atom is 0.338 e. The molecule has 27 heavy (non-hydrogen) atoms. The number of hydrogen-bond donors (Lipinski definition) is 2. The van der Waals surface area contributed by atoms with Crippen LogP contribution in [0.3, 0.4) is 0 Å². The van der Waals surface area contributed by atoms with Gasteiger partial charge in [-0.25, -0.2) is 4.79 Å². The first-order valence-corrected chi connectivity index (χ1v) is 9.43. The predicted molar refractivity (Wildman–Crippen MR) is 105 cm³/mol. The second-order valence-corrected chi connectivity index (χ2v) is 7.46. The molecule has 2 aromatic carbocycles. The van der Waals surface area contributed by atoms with Gasteiger partial charge in [-0.05, 0) is 50.1 Å².